The molecule has 0 spiro atoms. The van der Waals surface area contributed by atoms with Crippen LogP contribution in [0.15, 0.2) is 0 Å². The second-order valence-electron chi connectivity index (χ2n) is 10.1. The van der Waals surface area contributed by atoms with E-state index >= 15 is 0 Å². The maximum atomic E-state index is 12.6. The molecule has 1 saturated heterocycles. The number of carbonyl (C=O) groups is 1. The lowest BCUT2D eigenvalue weighted by molar-refractivity contribution is -0.205. The third-order valence-electron chi connectivity index (χ3n) is 8.80. The molecule has 1 heterocycles. The van der Waals surface area contributed by atoms with E-state index in [9.17, 15) is 9.90 Å². The van der Waals surface area contributed by atoms with Gasteiger partial charge in [0, 0.05) is 6.42 Å². The van der Waals surface area contributed by atoms with Crippen LogP contribution < -0.4 is 0 Å². The van der Waals surface area contributed by atoms with Crippen molar-refractivity contribution in [2.45, 2.75) is 89.9 Å². The zero-order chi connectivity index (χ0) is 18.3. The maximum absolute atomic E-state index is 12.6. The van der Waals surface area contributed by atoms with Crippen molar-refractivity contribution in [2.75, 3.05) is 7.11 Å². The summed E-state index contributed by atoms with van der Waals surface area (Å²) >= 11 is 0. The smallest absolute Gasteiger partial charge is 0.311 e. The Kier molecular flexibility index (Phi) is 3.71. The second-order valence-corrected chi connectivity index (χ2v) is 10.1. The molecule has 142 valence electrons. The minimum absolute atomic E-state index is 0.0106. The van der Waals surface area contributed by atoms with Gasteiger partial charge in [0.1, 0.15) is 0 Å². The SMILES string of the molecule is COC(=O)C1(C)CCCC2(C)C3CC4OC4(C(C)C)CC3(O)CCC12. The molecule has 0 radical (unpaired) electrons. The maximum Gasteiger partial charge on any atom is 0.311 e. The first-order valence-electron chi connectivity index (χ1n) is 10.1. The van der Waals surface area contributed by atoms with E-state index in [0.29, 0.717) is 12.0 Å². The highest BCUT2D eigenvalue weighted by Crippen LogP contribution is 2.69. The Bertz CT molecular complexity index is 588. The molecule has 0 bridgehead atoms. The first kappa shape index (κ1) is 17.8. The summed E-state index contributed by atoms with van der Waals surface area (Å²) in [5.41, 5.74) is -1.17. The van der Waals surface area contributed by atoms with E-state index in [1.807, 2.05) is 0 Å². The van der Waals surface area contributed by atoms with E-state index in [-0.39, 0.29) is 28.8 Å². The van der Waals surface area contributed by atoms with Crippen LogP contribution in [0.25, 0.3) is 0 Å². The van der Waals surface area contributed by atoms with Gasteiger partial charge in [-0.15, -0.1) is 0 Å². The van der Waals surface area contributed by atoms with Crippen molar-refractivity contribution in [3.05, 3.63) is 0 Å². The van der Waals surface area contributed by atoms with Crippen LogP contribution in [0.5, 0.6) is 0 Å². The number of fused-ring (bicyclic) bond motifs is 4. The molecule has 3 saturated carbocycles. The zero-order valence-electron chi connectivity index (χ0n) is 16.4. The summed E-state index contributed by atoms with van der Waals surface area (Å²) in [6, 6.07) is 0. The summed E-state index contributed by atoms with van der Waals surface area (Å²) in [7, 11) is 1.51. The van der Waals surface area contributed by atoms with Crippen molar-refractivity contribution in [1.29, 1.82) is 0 Å². The molecule has 4 aliphatic rings. The molecule has 7 atom stereocenters. The predicted octanol–water partition coefficient (Wildman–Crippen LogP) is 3.70. The molecule has 4 fully saturated rings. The molecule has 0 aromatic carbocycles. The summed E-state index contributed by atoms with van der Waals surface area (Å²) in [6.07, 6.45) is 6.73. The number of aliphatic hydroxyl groups is 1. The Morgan fingerprint density at radius 1 is 1.20 bits per heavy atom. The number of epoxide rings is 1. The van der Waals surface area contributed by atoms with Gasteiger partial charge >= 0.3 is 5.97 Å². The van der Waals surface area contributed by atoms with Gasteiger partial charge in [-0.1, -0.05) is 27.2 Å². The fraction of sp³-hybridized carbons (Fsp3) is 0.952. The van der Waals surface area contributed by atoms with Gasteiger partial charge in [0.2, 0.25) is 0 Å². The third-order valence-corrected chi connectivity index (χ3v) is 8.80. The summed E-state index contributed by atoms with van der Waals surface area (Å²) in [4.78, 5) is 12.6. The minimum atomic E-state index is -0.642. The topological polar surface area (TPSA) is 59.1 Å². The van der Waals surface area contributed by atoms with Crippen molar-refractivity contribution >= 4 is 5.97 Å². The Morgan fingerprint density at radius 3 is 2.56 bits per heavy atom. The number of ether oxygens (including phenoxy) is 2. The predicted molar refractivity (Wildman–Crippen MR) is 94.9 cm³/mol. The van der Waals surface area contributed by atoms with E-state index in [1.165, 1.54) is 7.11 Å². The van der Waals surface area contributed by atoms with Crippen molar-refractivity contribution in [3.63, 3.8) is 0 Å². The van der Waals surface area contributed by atoms with Crippen LogP contribution in [0.1, 0.15) is 72.6 Å². The van der Waals surface area contributed by atoms with Gasteiger partial charge in [-0.3, -0.25) is 4.79 Å². The molecule has 0 aromatic heterocycles. The molecule has 25 heavy (non-hydrogen) atoms. The van der Waals surface area contributed by atoms with Crippen LogP contribution in [-0.2, 0) is 14.3 Å². The number of methoxy groups -OCH3 is 1. The lowest BCUT2D eigenvalue weighted by atomic mass is 9.42. The molecule has 1 aliphatic heterocycles. The summed E-state index contributed by atoms with van der Waals surface area (Å²) in [5.74, 6) is 0.891. The molecule has 4 nitrogen and oxygen atoms in total. The molecule has 7 unspecified atom stereocenters. The van der Waals surface area contributed by atoms with Crippen molar-refractivity contribution in [3.8, 4) is 0 Å². The normalized spacial score (nSPS) is 54.3. The lowest BCUT2D eigenvalue weighted by Crippen LogP contribution is -2.63. The van der Waals surface area contributed by atoms with Gasteiger partial charge < -0.3 is 14.6 Å². The molecule has 4 rings (SSSR count). The fourth-order valence-corrected chi connectivity index (χ4v) is 7.38. The lowest BCUT2D eigenvalue weighted by Gasteiger charge is -2.62. The minimum Gasteiger partial charge on any atom is -0.469 e. The van der Waals surface area contributed by atoms with Gasteiger partial charge in [-0.05, 0) is 62.2 Å². The van der Waals surface area contributed by atoms with Crippen LogP contribution in [0.3, 0.4) is 0 Å². The summed E-state index contributed by atoms with van der Waals surface area (Å²) in [5, 5.41) is 11.7. The van der Waals surface area contributed by atoms with Gasteiger partial charge in [-0.2, -0.15) is 0 Å². The molecule has 0 amide bonds. The Morgan fingerprint density at radius 2 is 1.92 bits per heavy atom. The Labute approximate surface area is 151 Å². The van der Waals surface area contributed by atoms with Crippen molar-refractivity contribution in [2.24, 2.45) is 28.6 Å². The first-order chi connectivity index (χ1) is 11.6. The average molecular weight is 350 g/mol. The first-order valence-corrected chi connectivity index (χ1v) is 10.1. The molecular weight excluding hydrogens is 316 g/mol. The number of carbonyl (C=O) groups excluding carboxylic acids is 1. The van der Waals surface area contributed by atoms with E-state index < -0.39 is 11.0 Å². The van der Waals surface area contributed by atoms with E-state index in [1.54, 1.807) is 0 Å². The summed E-state index contributed by atoms with van der Waals surface area (Å²) in [6.45, 7) is 8.86. The number of esters is 1. The van der Waals surface area contributed by atoms with Crippen LogP contribution in [0.4, 0.5) is 0 Å². The van der Waals surface area contributed by atoms with Gasteiger partial charge in [0.25, 0.3) is 0 Å². The van der Waals surface area contributed by atoms with E-state index in [4.69, 9.17) is 9.47 Å². The molecule has 3 aliphatic carbocycles. The van der Waals surface area contributed by atoms with Crippen LogP contribution >= 0.6 is 0 Å². The molecular formula is C21H34O4. The highest BCUT2D eigenvalue weighted by Gasteiger charge is 2.72. The largest absolute Gasteiger partial charge is 0.469 e. The van der Waals surface area contributed by atoms with Gasteiger partial charge in [0.15, 0.2) is 0 Å². The highest BCUT2D eigenvalue weighted by atomic mass is 16.6. The van der Waals surface area contributed by atoms with Crippen LogP contribution in [-0.4, -0.2) is 35.5 Å². The summed E-state index contributed by atoms with van der Waals surface area (Å²) < 4.78 is 11.4. The third kappa shape index (κ3) is 2.16. The van der Waals surface area contributed by atoms with E-state index in [0.717, 1.165) is 44.9 Å². The van der Waals surface area contributed by atoms with Crippen molar-refractivity contribution in [1.82, 2.24) is 0 Å². The van der Waals surface area contributed by atoms with E-state index in [2.05, 4.69) is 27.7 Å². The average Bonchev–Trinajstić information content (AvgIpc) is 3.26. The number of hydrogen-bond acceptors (Lipinski definition) is 4. The van der Waals surface area contributed by atoms with Crippen LogP contribution in [0, 0.1) is 28.6 Å². The standard InChI is InChI=1S/C21H34O4/c1-13(2)21-12-20(23)10-7-14-18(3,15(20)11-16(21)25-21)8-6-9-19(14,4)17(22)24-5/h13-16,23H,6-12H2,1-5H3. The molecule has 0 aromatic rings. The van der Waals surface area contributed by atoms with Gasteiger partial charge in [0.05, 0.1) is 29.8 Å². The Hall–Kier alpha value is -0.610. The number of rotatable bonds is 2. The molecule has 1 N–H and O–H groups in total. The monoisotopic (exact) mass is 350 g/mol. The quantitative estimate of drug-likeness (QED) is 0.609. The van der Waals surface area contributed by atoms with Crippen LogP contribution in [0.2, 0.25) is 0 Å². The highest BCUT2D eigenvalue weighted by molar-refractivity contribution is 5.77. The van der Waals surface area contributed by atoms with Crippen molar-refractivity contribution < 1.29 is 19.4 Å². The second kappa shape index (κ2) is 5.22. The van der Waals surface area contributed by atoms with Gasteiger partial charge in [-0.25, -0.2) is 0 Å². The molecule has 4 heteroatoms. The number of hydrogen-bond donors (Lipinski definition) is 1. The Balaban J connectivity index is 1.68. The zero-order valence-corrected chi connectivity index (χ0v) is 16.4. The fourth-order valence-electron chi connectivity index (χ4n) is 7.38.